The second-order valence-corrected chi connectivity index (χ2v) is 7.01. The minimum atomic E-state index is -0.642. The van der Waals surface area contributed by atoms with Crippen molar-refractivity contribution in [3.8, 4) is 11.5 Å². The molecular formula is C24H27N3O5. The first-order valence-corrected chi connectivity index (χ1v) is 10.6. The standard InChI is InChI=1S/C24H27N3O5/c1-4-17-9-7-8-10-18(17)25-22(28)15-27-23(29)19(26-24(27)30)13-16-11-12-20(31-5-2)21(14-16)32-6-3/h7-14H,4-6,15H2,1-3H3,(H,25,28)(H,26,30)/b19-13+. The summed E-state index contributed by atoms with van der Waals surface area (Å²) in [5, 5.41) is 5.30. The van der Waals surface area contributed by atoms with Gasteiger partial charge in [0.1, 0.15) is 12.2 Å². The first-order chi connectivity index (χ1) is 15.5. The highest BCUT2D eigenvalue weighted by atomic mass is 16.5. The number of nitrogens with one attached hydrogen (secondary N) is 2. The second kappa shape index (κ2) is 10.5. The van der Waals surface area contributed by atoms with Crippen LogP contribution in [0.25, 0.3) is 6.08 Å². The van der Waals surface area contributed by atoms with E-state index in [1.807, 2.05) is 39.0 Å². The van der Waals surface area contributed by atoms with Crippen LogP contribution >= 0.6 is 0 Å². The van der Waals surface area contributed by atoms with Crippen molar-refractivity contribution < 1.29 is 23.9 Å². The molecular weight excluding hydrogens is 410 g/mol. The van der Waals surface area contributed by atoms with Crippen molar-refractivity contribution in [1.29, 1.82) is 0 Å². The molecule has 0 saturated carbocycles. The molecule has 0 unspecified atom stereocenters. The van der Waals surface area contributed by atoms with Gasteiger partial charge in [0.05, 0.1) is 13.2 Å². The summed E-state index contributed by atoms with van der Waals surface area (Å²) in [4.78, 5) is 38.4. The van der Waals surface area contributed by atoms with Gasteiger partial charge >= 0.3 is 6.03 Å². The van der Waals surface area contributed by atoms with Crippen molar-refractivity contribution in [3.63, 3.8) is 0 Å². The van der Waals surface area contributed by atoms with Crippen LogP contribution in [0.1, 0.15) is 31.9 Å². The number of ether oxygens (including phenoxy) is 2. The van der Waals surface area contributed by atoms with Gasteiger partial charge in [-0.25, -0.2) is 9.69 Å². The van der Waals surface area contributed by atoms with Crippen LogP contribution in [0.5, 0.6) is 11.5 Å². The van der Waals surface area contributed by atoms with Crippen molar-refractivity contribution in [2.24, 2.45) is 0 Å². The Hall–Kier alpha value is -3.81. The molecule has 32 heavy (non-hydrogen) atoms. The lowest BCUT2D eigenvalue weighted by molar-refractivity contribution is -0.127. The number of urea groups is 1. The number of hydrogen-bond donors (Lipinski definition) is 2. The predicted molar refractivity (Wildman–Crippen MR) is 121 cm³/mol. The van der Waals surface area contributed by atoms with Crippen LogP contribution in [0.4, 0.5) is 10.5 Å². The molecule has 0 atom stereocenters. The van der Waals surface area contributed by atoms with Crippen molar-refractivity contribution in [1.82, 2.24) is 10.2 Å². The highest BCUT2D eigenvalue weighted by molar-refractivity contribution is 6.16. The van der Waals surface area contributed by atoms with Crippen LogP contribution in [-0.4, -0.2) is 42.5 Å². The minimum Gasteiger partial charge on any atom is -0.490 e. The Morgan fingerprint density at radius 1 is 1.03 bits per heavy atom. The van der Waals surface area contributed by atoms with E-state index in [4.69, 9.17) is 9.47 Å². The Labute approximate surface area is 187 Å². The number of imide groups is 1. The largest absolute Gasteiger partial charge is 0.490 e. The van der Waals surface area contributed by atoms with Crippen molar-refractivity contribution in [2.75, 3.05) is 25.1 Å². The predicted octanol–water partition coefficient (Wildman–Crippen LogP) is 3.58. The highest BCUT2D eigenvalue weighted by Crippen LogP contribution is 2.29. The molecule has 1 heterocycles. The smallest absolute Gasteiger partial charge is 0.329 e. The molecule has 1 aliphatic rings. The summed E-state index contributed by atoms with van der Waals surface area (Å²) in [6, 6.07) is 12.0. The molecule has 0 aliphatic carbocycles. The number of amides is 4. The molecule has 2 aromatic carbocycles. The monoisotopic (exact) mass is 437 g/mol. The molecule has 0 aromatic heterocycles. The molecule has 2 N–H and O–H groups in total. The van der Waals surface area contributed by atoms with Crippen molar-refractivity contribution >= 4 is 29.6 Å². The van der Waals surface area contributed by atoms with Gasteiger partial charge in [0.25, 0.3) is 5.91 Å². The van der Waals surface area contributed by atoms with Gasteiger partial charge in [-0.2, -0.15) is 0 Å². The summed E-state index contributed by atoms with van der Waals surface area (Å²) in [6.07, 6.45) is 2.29. The summed E-state index contributed by atoms with van der Waals surface area (Å²) >= 11 is 0. The first-order valence-electron chi connectivity index (χ1n) is 10.6. The van der Waals surface area contributed by atoms with Crippen molar-refractivity contribution in [2.45, 2.75) is 27.2 Å². The fourth-order valence-electron chi connectivity index (χ4n) is 3.32. The average Bonchev–Trinajstić information content (AvgIpc) is 3.03. The maximum Gasteiger partial charge on any atom is 0.329 e. The van der Waals surface area contributed by atoms with Gasteiger partial charge in [0.2, 0.25) is 5.91 Å². The molecule has 0 radical (unpaired) electrons. The van der Waals surface area contributed by atoms with E-state index in [2.05, 4.69) is 10.6 Å². The summed E-state index contributed by atoms with van der Waals surface area (Å²) in [5.41, 5.74) is 2.38. The normalized spacial score (nSPS) is 14.5. The van der Waals surface area contributed by atoms with Crippen LogP contribution in [0, 0.1) is 0 Å². The van der Waals surface area contributed by atoms with Gasteiger partial charge in [-0.3, -0.25) is 9.59 Å². The number of hydrogen-bond acceptors (Lipinski definition) is 5. The molecule has 8 nitrogen and oxygen atoms in total. The average molecular weight is 437 g/mol. The van der Waals surface area contributed by atoms with E-state index in [0.717, 1.165) is 16.9 Å². The fourth-order valence-corrected chi connectivity index (χ4v) is 3.32. The van der Waals surface area contributed by atoms with E-state index < -0.39 is 17.8 Å². The third-order valence-electron chi connectivity index (χ3n) is 4.81. The number of carbonyl (C=O) groups is 3. The zero-order chi connectivity index (χ0) is 23.1. The summed E-state index contributed by atoms with van der Waals surface area (Å²) in [5.74, 6) is 0.131. The van der Waals surface area contributed by atoms with E-state index in [-0.39, 0.29) is 12.2 Å². The number of rotatable bonds is 9. The maximum atomic E-state index is 12.7. The lowest BCUT2D eigenvalue weighted by Gasteiger charge is -2.13. The van der Waals surface area contributed by atoms with Crippen LogP contribution in [-0.2, 0) is 16.0 Å². The topological polar surface area (TPSA) is 97.0 Å². The molecule has 4 amide bonds. The summed E-state index contributed by atoms with van der Waals surface area (Å²) < 4.78 is 11.1. The third kappa shape index (κ3) is 5.26. The van der Waals surface area contributed by atoms with Gasteiger partial charge in [-0.1, -0.05) is 31.2 Å². The van der Waals surface area contributed by atoms with Crippen molar-refractivity contribution in [3.05, 3.63) is 59.3 Å². The number of anilines is 1. The SMILES string of the molecule is CCOc1ccc(/C=C2/NC(=O)N(CC(=O)Nc3ccccc3CC)C2=O)cc1OCC. The number of nitrogens with zero attached hydrogens (tertiary/aromatic N) is 1. The summed E-state index contributed by atoms with van der Waals surface area (Å²) in [6.45, 7) is 6.30. The molecule has 168 valence electrons. The van der Waals surface area contributed by atoms with E-state index in [1.165, 1.54) is 0 Å². The summed E-state index contributed by atoms with van der Waals surface area (Å²) in [7, 11) is 0. The molecule has 3 rings (SSSR count). The Kier molecular flexibility index (Phi) is 7.49. The molecule has 1 fully saturated rings. The van der Waals surface area contributed by atoms with Gasteiger partial charge < -0.3 is 20.1 Å². The molecule has 1 saturated heterocycles. The quantitative estimate of drug-likeness (QED) is 0.462. The van der Waals surface area contributed by atoms with Crippen LogP contribution in [0.2, 0.25) is 0 Å². The first kappa shape index (κ1) is 22.9. The zero-order valence-electron chi connectivity index (χ0n) is 18.4. The molecule has 8 heteroatoms. The van der Waals surface area contributed by atoms with E-state index in [0.29, 0.717) is 36.0 Å². The molecule has 0 spiro atoms. The van der Waals surface area contributed by atoms with Crippen LogP contribution in [0.15, 0.2) is 48.2 Å². The number of benzene rings is 2. The number of carbonyl (C=O) groups excluding carboxylic acids is 3. The fraction of sp³-hybridized carbons (Fsp3) is 0.292. The van der Waals surface area contributed by atoms with Gasteiger partial charge in [0.15, 0.2) is 11.5 Å². The van der Waals surface area contributed by atoms with Crippen LogP contribution in [0.3, 0.4) is 0 Å². The molecule has 1 aliphatic heterocycles. The highest BCUT2D eigenvalue weighted by Gasteiger charge is 2.35. The van der Waals surface area contributed by atoms with Crippen LogP contribution < -0.4 is 20.1 Å². The lowest BCUT2D eigenvalue weighted by Crippen LogP contribution is -2.38. The lowest BCUT2D eigenvalue weighted by atomic mass is 10.1. The van der Waals surface area contributed by atoms with E-state index >= 15 is 0 Å². The van der Waals surface area contributed by atoms with E-state index in [1.54, 1.807) is 30.3 Å². The third-order valence-corrected chi connectivity index (χ3v) is 4.81. The Morgan fingerprint density at radius 2 is 1.75 bits per heavy atom. The van der Waals surface area contributed by atoms with Gasteiger partial charge in [-0.05, 0) is 55.7 Å². The Bertz CT molecular complexity index is 1050. The van der Waals surface area contributed by atoms with E-state index in [9.17, 15) is 14.4 Å². The molecule has 2 aromatic rings. The number of aryl methyl sites for hydroxylation is 1. The minimum absolute atomic E-state index is 0.0865. The zero-order valence-corrected chi connectivity index (χ0v) is 18.4. The number of para-hydroxylation sites is 1. The maximum absolute atomic E-state index is 12.7. The molecule has 0 bridgehead atoms. The second-order valence-electron chi connectivity index (χ2n) is 7.01. The van der Waals surface area contributed by atoms with Gasteiger partial charge in [-0.15, -0.1) is 0 Å². The Balaban J connectivity index is 1.73. The van der Waals surface area contributed by atoms with Gasteiger partial charge in [0, 0.05) is 5.69 Å². The Morgan fingerprint density at radius 3 is 2.47 bits per heavy atom.